The second-order valence-corrected chi connectivity index (χ2v) is 4.34. The Labute approximate surface area is 103 Å². The molecule has 3 rings (SSSR count). The summed E-state index contributed by atoms with van der Waals surface area (Å²) in [5, 5.41) is 9.33. The fraction of sp³-hybridized carbons (Fsp3) is 0.231. The van der Waals surface area contributed by atoms with E-state index in [1.54, 1.807) is 18.2 Å². The summed E-state index contributed by atoms with van der Waals surface area (Å²) >= 11 is 0. The number of aromatic hydroxyl groups is 1. The lowest BCUT2D eigenvalue weighted by Gasteiger charge is -2.06. The number of H-pyrrole nitrogens is 1. The number of phenols is 1. The maximum Gasteiger partial charge on any atom is 0.254 e. The van der Waals surface area contributed by atoms with Gasteiger partial charge in [0.15, 0.2) is 0 Å². The standard InChI is InChI=1S/C13H12N2O3/c16-9-2-1-3-10(6-9)18-12-7-11(17)14-13(15-12)8-4-5-8/h1-3,6-8,16H,4-5H2,(H,14,15,17). The van der Waals surface area contributed by atoms with Crippen LogP contribution in [0.15, 0.2) is 35.1 Å². The average Bonchev–Trinajstić information content (AvgIpc) is 3.11. The van der Waals surface area contributed by atoms with Crippen molar-refractivity contribution in [3.05, 3.63) is 46.5 Å². The van der Waals surface area contributed by atoms with Crippen molar-refractivity contribution in [1.82, 2.24) is 9.97 Å². The normalized spacial score (nSPS) is 14.4. The van der Waals surface area contributed by atoms with Crippen LogP contribution in [0.1, 0.15) is 24.6 Å². The van der Waals surface area contributed by atoms with Crippen LogP contribution >= 0.6 is 0 Å². The van der Waals surface area contributed by atoms with E-state index in [0.717, 1.165) is 12.8 Å². The third-order valence-corrected chi connectivity index (χ3v) is 2.74. The molecule has 0 bridgehead atoms. The van der Waals surface area contributed by atoms with E-state index >= 15 is 0 Å². The lowest BCUT2D eigenvalue weighted by molar-refractivity contribution is 0.442. The zero-order valence-corrected chi connectivity index (χ0v) is 9.59. The van der Waals surface area contributed by atoms with E-state index in [9.17, 15) is 9.90 Å². The fourth-order valence-electron chi connectivity index (χ4n) is 1.72. The van der Waals surface area contributed by atoms with Crippen LogP contribution in [0.3, 0.4) is 0 Å². The molecule has 0 aliphatic heterocycles. The molecule has 0 unspecified atom stereocenters. The van der Waals surface area contributed by atoms with Crippen LogP contribution < -0.4 is 10.3 Å². The van der Waals surface area contributed by atoms with Crippen molar-refractivity contribution >= 4 is 0 Å². The molecule has 1 saturated carbocycles. The largest absolute Gasteiger partial charge is 0.508 e. The number of benzene rings is 1. The minimum absolute atomic E-state index is 0.111. The molecule has 0 radical (unpaired) electrons. The molecule has 1 aliphatic carbocycles. The summed E-state index contributed by atoms with van der Waals surface area (Å²) < 4.78 is 5.47. The van der Waals surface area contributed by atoms with E-state index < -0.39 is 0 Å². The second kappa shape index (κ2) is 4.18. The predicted molar refractivity (Wildman–Crippen MR) is 65.0 cm³/mol. The number of aromatic nitrogens is 2. The number of phenolic OH excluding ortho intramolecular Hbond substituents is 1. The van der Waals surface area contributed by atoms with Gasteiger partial charge in [0.25, 0.3) is 5.56 Å². The molecular formula is C13H12N2O3. The molecule has 2 N–H and O–H groups in total. The number of ether oxygens (including phenoxy) is 1. The highest BCUT2D eigenvalue weighted by Gasteiger charge is 2.26. The highest BCUT2D eigenvalue weighted by atomic mass is 16.5. The van der Waals surface area contributed by atoms with Crippen molar-refractivity contribution in [2.45, 2.75) is 18.8 Å². The Morgan fingerprint density at radius 3 is 2.89 bits per heavy atom. The summed E-state index contributed by atoms with van der Waals surface area (Å²) in [6.07, 6.45) is 2.11. The van der Waals surface area contributed by atoms with Crippen molar-refractivity contribution in [2.24, 2.45) is 0 Å². The average molecular weight is 244 g/mol. The number of aromatic amines is 1. The van der Waals surface area contributed by atoms with Gasteiger partial charge in [0.1, 0.15) is 17.3 Å². The van der Waals surface area contributed by atoms with Crippen LogP contribution in [0, 0.1) is 0 Å². The quantitative estimate of drug-likeness (QED) is 0.867. The molecule has 18 heavy (non-hydrogen) atoms. The zero-order chi connectivity index (χ0) is 12.5. The first-order valence-electron chi connectivity index (χ1n) is 5.79. The third kappa shape index (κ3) is 2.34. The summed E-state index contributed by atoms with van der Waals surface area (Å²) in [5.74, 6) is 1.85. The molecule has 2 aromatic rings. The van der Waals surface area contributed by atoms with E-state index in [1.165, 1.54) is 12.1 Å². The Morgan fingerprint density at radius 1 is 1.33 bits per heavy atom. The fourth-order valence-corrected chi connectivity index (χ4v) is 1.72. The first kappa shape index (κ1) is 10.8. The van der Waals surface area contributed by atoms with E-state index in [4.69, 9.17) is 4.74 Å². The topological polar surface area (TPSA) is 75.2 Å². The summed E-state index contributed by atoms with van der Waals surface area (Å²) in [6.45, 7) is 0. The molecular weight excluding hydrogens is 232 g/mol. The number of hydrogen-bond acceptors (Lipinski definition) is 4. The Morgan fingerprint density at radius 2 is 2.17 bits per heavy atom. The number of hydrogen-bond donors (Lipinski definition) is 2. The second-order valence-electron chi connectivity index (χ2n) is 4.34. The Hall–Kier alpha value is -2.30. The van der Waals surface area contributed by atoms with Gasteiger partial charge in [0.2, 0.25) is 5.88 Å². The molecule has 0 saturated heterocycles. The molecule has 1 fully saturated rings. The minimum atomic E-state index is -0.220. The van der Waals surface area contributed by atoms with Gasteiger partial charge in [-0.3, -0.25) is 4.79 Å². The van der Waals surface area contributed by atoms with Crippen LogP contribution in [-0.4, -0.2) is 15.1 Å². The Bertz CT molecular complexity index is 632. The van der Waals surface area contributed by atoms with Crippen molar-refractivity contribution in [2.75, 3.05) is 0 Å². The smallest absolute Gasteiger partial charge is 0.254 e. The highest BCUT2D eigenvalue weighted by Crippen LogP contribution is 2.38. The predicted octanol–water partition coefficient (Wildman–Crippen LogP) is 2.15. The number of nitrogens with zero attached hydrogens (tertiary/aromatic N) is 1. The molecule has 1 aromatic carbocycles. The van der Waals surface area contributed by atoms with E-state index in [-0.39, 0.29) is 17.2 Å². The monoisotopic (exact) mass is 244 g/mol. The summed E-state index contributed by atoms with van der Waals surface area (Å²) in [4.78, 5) is 18.4. The first-order chi connectivity index (χ1) is 8.70. The molecule has 0 atom stereocenters. The van der Waals surface area contributed by atoms with Crippen LogP contribution in [0.5, 0.6) is 17.4 Å². The number of nitrogens with one attached hydrogen (secondary N) is 1. The lowest BCUT2D eigenvalue weighted by Crippen LogP contribution is -2.10. The highest BCUT2D eigenvalue weighted by molar-refractivity contribution is 5.34. The maximum atomic E-state index is 11.5. The Balaban J connectivity index is 1.90. The van der Waals surface area contributed by atoms with Gasteiger partial charge in [-0.25, -0.2) is 0 Å². The summed E-state index contributed by atoms with van der Waals surface area (Å²) in [5.41, 5.74) is -0.220. The van der Waals surface area contributed by atoms with Gasteiger partial charge in [-0.2, -0.15) is 4.98 Å². The van der Waals surface area contributed by atoms with Crippen LogP contribution in [0.4, 0.5) is 0 Å². The van der Waals surface area contributed by atoms with Gasteiger partial charge in [-0.1, -0.05) is 6.07 Å². The molecule has 5 nitrogen and oxygen atoms in total. The summed E-state index contributed by atoms with van der Waals surface area (Å²) in [7, 11) is 0. The zero-order valence-electron chi connectivity index (χ0n) is 9.59. The molecule has 1 aliphatic rings. The lowest BCUT2D eigenvalue weighted by atomic mass is 10.3. The van der Waals surface area contributed by atoms with Crippen molar-refractivity contribution in [1.29, 1.82) is 0 Å². The van der Waals surface area contributed by atoms with E-state index in [1.807, 2.05) is 0 Å². The molecule has 5 heteroatoms. The van der Waals surface area contributed by atoms with E-state index in [2.05, 4.69) is 9.97 Å². The van der Waals surface area contributed by atoms with Gasteiger partial charge < -0.3 is 14.8 Å². The minimum Gasteiger partial charge on any atom is -0.508 e. The third-order valence-electron chi connectivity index (χ3n) is 2.74. The number of rotatable bonds is 3. The van der Waals surface area contributed by atoms with Crippen LogP contribution in [0.25, 0.3) is 0 Å². The first-order valence-corrected chi connectivity index (χ1v) is 5.79. The van der Waals surface area contributed by atoms with Gasteiger partial charge in [0, 0.05) is 12.0 Å². The van der Waals surface area contributed by atoms with Gasteiger partial charge in [0.05, 0.1) is 6.07 Å². The van der Waals surface area contributed by atoms with Gasteiger partial charge >= 0.3 is 0 Å². The molecule has 1 heterocycles. The van der Waals surface area contributed by atoms with Crippen LogP contribution in [0.2, 0.25) is 0 Å². The molecule has 92 valence electrons. The maximum absolute atomic E-state index is 11.5. The van der Waals surface area contributed by atoms with Gasteiger partial charge in [-0.15, -0.1) is 0 Å². The molecule has 1 aromatic heterocycles. The van der Waals surface area contributed by atoms with Crippen molar-refractivity contribution in [3.63, 3.8) is 0 Å². The van der Waals surface area contributed by atoms with Crippen LogP contribution in [-0.2, 0) is 0 Å². The SMILES string of the molecule is O=c1cc(Oc2cccc(O)c2)nc(C2CC2)[nH]1. The van der Waals surface area contributed by atoms with Crippen molar-refractivity contribution in [3.8, 4) is 17.4 Å². The molecule has 0 spiro atoms. The van der Waals surface area contributed by atoms with E-state index in [0.29, 0.717) is 17.5 Å². The Kier molecular flexibility index (Phi) is 2.51. The molecule has 0 amide bonds. The van der Waals surface area contributed by atoms with Crippen molar-refractivity contribution < 1.29 is 9.84 Å². The van der Waals surface area contributed by atoms with Gasteiger partial charge in [-0.05, 0) is 25.0 Å². The summed E-state index contributed by atoms with van der Waals surface area (Å²) in [6, 6.07) is 7.68.